The van der Waals surface area contributed by atoms with E-state index in [0.717, 1.165) is 16.5 Å². The average Bonchev–Trinajstić information content (AvgIpc) is 2.83. The van der Waals surface area contributed by atoms with E-state index in [1.165, 1.54) is 0 Å². The Morgan fingerprint density at radius 3 is 2.40 bits per heavy atom. The van der Waals surface area contributed by atoms with Gasteiger partial charge in [-0.25, -0.2) is 0 Å². The van der Waals surface area contributed by atoms with Gasteiger partial charge in [-0.15, -0.1) is 0 Å². The second-order valence-electron chi connectivity index (χ2n) is 4.47. The van der Waals surface area contributed by atoms with Crippen LogP contribution in [0.25, 0.3) is 11.0 Å². The highest BCUT2D eigenvalue weighted by Gasteiger charge is 2.17. The van der Waals surface area contributed by atoms with Crippen LogP contribution in [-0.2, 0) is 0 Å². The van der Waals surface area contributed by atoms with Crippen molar-refractivity contribution in [3.63, 3.8) is 0 Å². The van der Waals surface area contributed by atoms with Gasteiger partial charge in [0.2, 0.25) is 0 Å². The van der Waals surface area contributed by atoms with Gasteiger partial charge in [-0.1, -0.05) is 34.8 Å². The lowest BCUT2D eigenvalue weighted by molar-refractivity contribution is 0.525. The third-order valence-corrected chi connectivity index (χ3v) is 3.91. The fourth-order valence-corrected chi connectivity index (χ4v) is 2.69. The normalized spacial score (nSPS) is 12.8. The van der Waals surface area contributed by atoms with Crippen LogP contribution in [0.1, 0.15) is 17.4 Å². The smallest absolute Gasteiger partial charge is 0.134 e. The van der Waals surface area contributed by atoms with Gasteiger partial charge in [0.25, 0.3) is 0 Å². The number of benzene rings is 2. The predicted octanol–water partition coefficient (Wildman–Crippen LogP) is 5.44. The van der Waals surface area contributed by atoms with Crippen LogP contribution in [-0.4, -0.2) is 0 Å². The van der Waals surface area contributed by atoms with Crippen LogP contribution in [0.4, 0.5) is 0 Å². The molecule has 3 rings (SSSR count). The first-order valence-electron chi connectivity index (χ1n) is 5.94. The summed E-state index contributed by atoms with van der Waals surface area (Å²) in [6, 6.07) is 12.0. The number of furan rings is 1. The third-order valence-electron chi connectivity index (χ3n) is 3.10. The number of rotatable bonds is 2. The summed E-state index contributed by atoms with van der Waals surface area (Å²) >= 11 is 18.1. The quantitative estimate of drug-likeness (QED) is 0.681. The first-order valence-corrected chi connectivity index (χ1v) is 7.07. The summed E-state index contributed by atoms with van der Waals surface area (Å²) in [5.74, 6) is 0.617. The van der Waals surface area contributed by atoms with Gasteiger partial charge in [-0.05, 0) is 48.0 Å². The molecule has 0 saturated carbocycles. The fraction of sp³-hybridized carbons (Fsp3) is 0.0667. The molecule has 1 heterocycles. The summed E-state index contributed by atoms with van der Waals surface area (Å²) in [5.41, 5.74) is 7.68. The molecule has 3 aromatic rings. The zero-order valence-corrected chi connectivity index (χ0v) is 12.5. The Kier molecular flexibility index (Phi) is 3.65. The molecule has 0 fully saturated rings. The van der Waals surface area contributed by atoms with Crippen LogP contribution < -0.4 is 5.73 Å². The van der Waals surface area contributed by atoms with E-state index in [-0.39, 0.29) is 0 Å². The lowest BCUT2D eigenvalue weighted by Crippen LogP contribution is -2.11. The second kappa shape index (κ2) is 5.30. The summed E-state index contributed by atoms with van der Waals surface area (Å²) in [4.78, 5) is 0. The van der Waals surface area contributed by atoms with Crippen LogP contribution in [0.3, 0.4) is 0 Å². The molecule has 1 unspecified atom stereocenters. The maximum Gasteiger partial charge on any atom is 0.134 e. The second-order valence-corrected chi connectivity index (χ2v) is 5.75. The van der Waals surface area contributed by atoms with Crippen molar-refractivity contribution in [3.8, 4) is 0 Å². The largest absolute Gasteiger partial charge is 0.459 e. The molecule has 0 saturated heterocycles. The van der Waals surface area contributed by atoms with Gasteiger partial charge < -0.3 is 10.2 Å². The molecule has 5 heteroatoms. The molecule has 2 nitrogen and oxygen atoms in total. The van der Waals surface area contributed by atoms with Crippen LogP contribution in [0.5, 0.6) is 0 Å². The van der Waals surface area contributed by atoms with Crippen LogP contribution in [0.15, 0.2) is 46.9 Å². The van der Waals surface area contributed by atoms with Gasteiger partial charge >= 0.3 is 0 Å². The first kappa shape index (κ1) is 13.8. The van der Waals surface area contributed by atoms with Crippen LogP contribution in [0, 0.1) is 0 Å². The molecule has 2 N–H and O–H groups in total. The monoisotopic (exact) mass is 325 g/mol. The Morgan fingerprint density at radius 2 is 1.60 bits per heavy atom. The molecule has 20 heavy (non-hydrogen) atoms. The number of halogens is 3. The SMILES string of the molecule is NC(c1cc2cc(Cl)ccc2o1)c1cc(Cl)ccc1Cl. The molecular formula is C15H10Cl3NO. The van der Waals surface area contributed by atoms with E-state index in [0.29, 0.717) is 20.8 Å². The zero-order valence-electron chi connectivity index (χ0n) is 10.2. The maximum absolute atomic E-state index is 6.22. The highest BCUT2D eigenvalue weighted by Crippen LogP contribution is 2.32. The molecule has 0 aliphatic rings. The fourth-order valence-electron chi connectivity index (χ4n) is 2.09. The molecule has 0 aliphatic carbocycles. The van der Waals surface area contributed by atoms with E-state index < -0.39 is 6.04 Å². The van der Waals surface area contributed by atoms with Crippen molar-refractivity contribution < 1.29 is 4.42 Å². The van der Waals surface area contributed by atoms with Gasteiger partial charge in [0.05, 0.1) is 6.04 Å². The Hall–Kier alpha value is -1.19. The van der Waals surface area contributed by atoms with Gasteiger partial charge in [-0.2, -0.15) is 0 Å². The van der Waals surface area contributed by atoms with Gasteiger partial charge in [0, 0.05) is 20.5 Å². The first-order chi connectivity index (χ1) is 9.54. The minimum absolute atomic E-state index is 0.479. The number of hydrogen-bond acceptors (Lipinski definition) is 2. The van der Waals surface area contributed by atoms with Crippen molar-refractivity contribution in [2.75, 3.05) is 0 Å². The zero-order chi connectivity index (χ0) is 14.3. The maximum atomic E-state index is 6.22. The number of hydrogen-bond donors (Lipinski definition) is 1. The van der Waals surface area contributed by atoms with Crippen molar-refractivity contribution in [2.24, 2.45) is 5.73 Å². The van der Waals surface area contributed by atoms with E-state index in [4.69, 9.17) is 45.0 Å². The average molecular weight is 327 g/mol. The van der Waals surface area contributed by atoms with Crippen LogP contribution >= 0.6 is 34.8 Å². The molecule has 2 aromatic carbocycles. The molecule has 0 spiro atoms. The third kappa shape index (κ3) is 2.52. The van der Waals surface area contributed by atoms with Crippen LogP contribution in [0.2, 0.25) is 15.1 Å². The van der Waals surface area contributed by atoms with E-state index in [9.17, 15) is 0 Å². The molecule has 0 aliphatic heterocycles. The lowest BCUT2D eigenvalue weighted by Gasteiger charge is -2.11. The Morgan fingerprint density at radius 1 is 0.900 bits per heavy atom. The number of fused-ring (bicyclic) bond motifs is 1. The Bertz CT molecular complexity index is 782. The van der Waals surface area contributed by atoms with Gasteiger partial charge in [0.15, 0.2) is 0 Å². The molecule has 0 radical (unpaired) electrons. The van der Waals surface area contributed by atoms with E-state index >= 15 is 0 Å². The summed E-state index contributed by atoms with van der Waals surface area (Å²) < 4.78 is 5.75. The van der Waals surface area contributed by atoms with Crippen molar-refractivity contribution in [1.29, 1.82) is 0 Å². The molecule has 1 aromatic heterocycles. The van der Waals surface area contributed by atoms with Crippen molar-refractivity contribution in [2.45, 2.75) is 6.04 Å². The summed E-state index contributed by atoms with van der Waals surface area (Å²) in [6.07, 6.45) is 0. The molecule has 1 atom stereocenters. The minimum atomic E-state index is -0.479. The summed E-state index contributed by atoms with van der Waals surface area (Å²) in [5, 5.41) is 2.69. The standard InChI is InChI=1S/C15H10Cl3NO/c16-9-2-4-13-8(5-9)6-14(20-13)15(19)11-7-10(17)1-3-12(11)18/h1-7,15H,19H2. The van der Waals surface area contributed by atoms with E-state index in [1.54, 1.807) is 24.3 Å². The highest BCUT2D eigenvalue weighted by atomic mass is 35.5. The Labute approximate surface area is 131 Å². The Balaban J connectivity index is 2.07. The highest BCUT2D eigenvalue weighted by molar-refractivity contribution is 6.33. The van der Waals surface area contributed by atoms with E-state index in [1.807, 2.05) is 18.2 Å². The molecule has 0 amide bonds. The summed E-state index contributed by atoms with van der Waals surface area (Å²) in [6.45, 7) is 0. The molecule has 102 valence electrons. The van der Waals surface area contributed by atoms with Gasteiger partial charge in [-0.3, -0.25) is 0 Å². The summed E-state index contributed by atoms with van der Waals surface area (Å²) in [7, 11) is 0. The van der Waals surface area contributed by atoms with Crippen molar-refractivity contribution in [3.05, 3.63) is 68.9 Å². The molecular weight excluding hydrogens is 317 g/mol. The molecule has 0 bridgehead atoms. The van der Waals surface area contributed by atoms with Crippen molar-refractivity contribution >= 4 is 45.8 Å². The van der Waals surface area contributed by atoms with Gasteiger partial charge in [0.1, 0.15) is 11.3 Å². The lowest BCUT2D eigenvalue weighted by atomic mass is 10.1. The number of nitrogens with two attached hydrogens (primary N) is 1. The van der Waals surface area contributed by atoms with E-state index in [2.05, 4.69) is 0 Å². The van der Waals surface area contributed by atoms with Crippen molar-refractivity contribution in [1.82, 2.24) is 0 Å². The minimum Gasteiger partial charge on any atom is -0.459 e. The predicted molar refractivity (Wildman–Crippen MR) is 83.7 cm³/mol. The topological polar surface area (TPSA) is 39.2 Å².